The first-order valence-electron chi connectivity index (χ1n) is 7.33. The minimum absolute atomic E-state index is 0.361. The fourth-order valence-electron chi connectivity index (χ4n) is 1.91. The molecule has 1 aromatic rings. The van der Waals surface area contributed by atoms with E-state index in [0.29, 0.717) is 5.41 Å². The molecule has 0 atom stereocenters. The first-order valence-corrected chi connectivity index (χ1v) is 7.33. The molecule has 4 heteroatoms. The highest BCUT2D eigenvalue weighted by atomic mass is 16.6. The SMILES string of the molecule is CCC=C(CCCCC(C)(C)C)OC(=O)n1cccn1. The summed E-state index contributed by atoms with van der Waals surface area (Å²) in [4.78, 5) is 11.8. The molecule has 0 aromatic carbocycles. The molecule has 1 aromatic heterocycles. The van der Waals surface area contributed by atoms with E-state index >= 15 is 0 Å². The van der Waals surface area contributed by atoms with Crippen LogP contribution in [0.15, 0.2) is 30.3 Å². The second kappa shape index (κ2) is 7.88. The Labute approximate surface area is 121 Å². The number of nitrogens with zero attached hydrogens (tertiary/aromatic N) is 2. The highest BCUT2D eigenvalue weighted by molar-refractivity contribution is 5.70. The van der Waals surface area contributed by atoms with E-state index in [0.717, 1.165) is 31.4 Å². The molecule has 0 aliphatic rings. The Hall–Kier alpha value is -1.58. The summed E-state index contributed by atoms with van der Waals surface area (Å²) in [6, 6.07) is 1.70. The van der Waals surface area contributed by atoms with Crippen molar-refractivity contribution >= 4 is 6.09 Å². The van der Waals surface area contributed by atoms with Crippen molar-refractivity contribution in [1.29, 1.82) is 0 Å². The number of allylic oxidation sites excluding steroid dienone is 2. The van der Waals surface area contributed by atoms with E-state index in [4.69, 9.17) is 4.74 Å². The average molecular weight is 278 g/mol. The van der Waals surface area contributed by atoms with Gasteiger partial charge in [0.2, 0.25) is 0 Å². The lowest BCUT2D eigenvalue weighted by molar-refractivity contribution is 0.169. The van der Waals surface area contributed by atoms with Crippen LogP contribution in [-0.4, -0.2) is 15.9 Å². The minimum atomic E-state index is -0.439. The number of carbonyl (C=O) groups excluding carboxylic acids is 1. The largest absolute Gasteiger partial charge is 0.439 e. The Morgan fingerprint density at radius 2 is 2.10 bits per heavy atom. The number of hydrogen-bond acceptors (Lipinski definition) is 3. The fraction of sp³-hybridized carbons (Fsp3) is 0.625. The highest BCUT2D eigenvalue weighted by Crippen LogP contribution is 2.23. The van der Waals surface area contributed by atoms with Crippen molar-refractivity contribution in [3.63, 3.8) is 0 Å². The molecule has 0 N–H and O–H groups in total. The van der Waals surface area contributed by atoms with Gasteiger partial charge in [0, 0.05) is 18.8 Å². The van der Waals surface area contributed by atoms with Crippen molar-refractivity contribution < 1.29 is 9.53 Å². The van der Waals surface area contributed by atoms with Crippen LogP contribution < -0.4 is 0 Å². The molecule has 0 fully saturated rings. The standard InChI is InChI=1S/C16H26N2O2/c1-5-9-14(10-6-7-11-16(2,3)4)20-15(19)18-13-8-12-17-18/h8-9,12-13H,5-7,10-11H2,1-4H3. The summed E-state index contributed by atoms with van der Waals surface area (Å²) < 4.78 is 6.60. The van der Waals surface area contributed by atoms with Gasteiger partial charge in [0.15, 0.2) is 0 Å². The maximum atomic E-state index is 11.8. The number of rotatable bonds is 6. The molecule has 0 aliphatic carbocycles. The van der Waals surface area contributed by atoms with Crippen molar-refractivity contribution in [1.82, 2.24) is 9.78 Å². The van der Waals surface area contributed by atoms with Crippen LogP contribution in [0.2, 0.25) is 0 Å². The smallest absolute Gasteiger partial charge is 0.414 e. The zero-order chi connectivity index (χ0) is 15.0. The quantitative estimate of drug-likeness (QED) is 0.556. The minimum Gasteiger partial charge on any atom is -0.414 e. The summed E-state index contributed by atoms with van der Waals surface area (Å²) in [7, 11) is 0. The Morgan fingerprint density at radius 1 is 1.35 bits per heavy atom. The molecular weight excluding hydrogens is 252 g/mol. The molecule has 1 rings (SSSR count). The van der Waals surface area contributed by atoms with Gasteiger partial charge in [0.05, 0.1) is 0 Å². The predicted molar refractivity (Wildman–Crippen MR) is 80.4 cm³/mol. The fourth-order valence-corrected chi connectivity index (χ4v) is 1.91. The molecule has 0 saturated carbocycles. The van der Waals surface area contributed by atoms with E-state index in [2.05, 4.69) is 25.9 Å². The molecule has 112 valence electrons. The van der Waals surface area contributed by atoms with Gasteiger partial charge < -0.3 is 4.74 Å². The summed E-state index contributed by atoms with van der Waals surface area (Å²) in [6.45, 7) is 8.77. The van der Waals surface area contributed by atoms with Crippen molar-refractivity contribution in [2.45, 2.75) is 59.8 Å². The van der Waals surface area contributed by atoms with Crippen LogP contribution >= 0.6 is 0 Å². The van der Waals surface area contributed by atoms with Crippen molar-refractivity contribution in [2.75, 3.05) is 0 Å². The lowest BCUT2D eigenvalue weighted by Crippen LogP contribution is -2.14. The molecular formula is C16H26N2O2. The molecule has 0 amide bonds. The lowest BCUT2D eigenvalue weighted by atomic mass is 9.89. The first-order chi connectivity index (χ1) is 9.42. The molecule has 0 unspecified atom stereocenters. The van der Waals surface area contributed by atoms with Crippen LogP contribution in [0.4, 0.5) is 4.79 Å². The monoisotopic (exact) mass is 278 g/mol. The molecule has 0 saturated heterocycles. The van der Waals surface area contributed by atoms with E-state index in [1.54, 1.807) is 18.5 Å². The van der Waals surface area contributed by atoms with Gasteiger partial charge in [0.1, 0.15) is 5.76 Å². The molecule has 0 bridgehead atoms. The van der Waals surface area contributed by atoms with E-state index in [1.165, 1.54) is 11.1 Å². The first kappa shape index (κ1) is 16.5. The zero-order valence-corrected chi connectivity index (χ0v) is 13.1. The predicted octanol–water partition coefficient (Wildman–Crippen LogP) is 4.77. The van der Waals surface area contributed by atoms with Crippen molar-refractivity contribution in [3.8, 4) is 0 Å². The van der Waals surface area contributed by atoms with Gasteiger partial charge in [-0.05, 0) is 36.8 Å². The van der Waals surface area contributed by atoms with Crippen LogP contribution in [0, 0.1) is 5.41 Å². The molecule has 0 aliphatic heterocycles. The second-order valence-corrected chi connectivity index (χ2v) is 6.17. The third-order valence-electron chi connectivity index (χ3n) is 2.94. The molecule has 0 radical (unpaired) electrons. The Bertz CT molecular complexity index is 428. The zero-order valence-electron chi connectivity index (χ0n) is 13.1. The lowest BCUT2D eigenvalue weighted by Gasteiger charge is -2.17. The van der Waals surface area contributed by atoms with Crippen molar-refractivity contribution in [2.24, 2.45) is 5.41 Å². The van der Waals surface area contributed by atoms with Gasteiger partial charge in [-0.2, -0.15) is 9.78 Å². The Balaban J connectivity index is 2.41. The van der Waals surface area contributed by atoms with Gasteiger partial charge >= 0.3 is 6.09 Å². The Kier molecular flexibility index (Phi) is 6.49. The van der Waals surface area contributed by atoms with Crippen LogP contribution in [0.3, 0.4) is 0 Å². The third kappa shape index (κ3) is 6.55. The van der Waals surface area contributed by atoms with Crippen LogP contribution in [0.1, 0.15) is 59.8 Å². The van der Waals surface area contributed by atoms with E-state index < -0.39 is 6.09 Å². The molecule has 1 heterocycles. The maximum absolute atomic E-state index is 11.8. The Morgan fingerprint density at radius 3 is 2.65 bits per heavy atom. The number of carbonyl (C=O) groups is 1. The van der Waals surface area contributed by atoms with E-state index in [-0.39, 0.29) is 0 Å². The topological polar surface area (TPSA) is 44.1 Å². The highest BCUT2D eigenvalue weighted by Gasteiger charge is 2.12. The second-order valence-electron chi connectivity index (χ2n) is 6.17. The molecule has 0 spiro atoms. The molecule has 4 nitrogen and oxygen atoms in total. The van der Waals surface area contributed by atoms with Gasteiger partial charge in [-0.3, -0.25) is 0 Å². The van der Waals surface area contributed by atoms with E-state index in [9.17, 15) is 4.79 Å². The number of hydrogen-bond donors (Lipinski definition) is 0. The van der Waals surface area contributed by atoms with Crippen LogP contribution in [0.25, 0.3) is 0 Å². The normalized spacial score (nSPS) is 12.5. The summed E-state index contributed by atoms with van der Waals surface area (Å²) in [5.41, 5.74) is 0.361. The number of aromatic nitrogens is 2. The summed E-state index contributed by atoms with van der Waals surface area (Å²) >= 11 is 0. The van der Waals surface area contributed by atoms with Crippen molar-refractivity contribution in [3.05, 3.63) is 30.3 Å². The summed E-state index contributed by atoms with van der Waals surface area (Å²) in [5.74, 6) is 0.752. The van der Waals surface area contributed by atoms with Gasteiger partial charge in [-0.25, -0.2) is 4.79 Å². The number of unbranched alkanes of at least 4 members (excludes halogenated alkanes) is 1. The third-order valence-corrected chi connectivity index (χ3v) is 2.94. The summed E-state index contributed by atoms with van der Waals surface area (Å²) in [6.07, 6.45) is 9.71. The van der Waals surface area contributed by atoms with Crippen LogP contribution in [-0.2, 0) is 4.74 Å². The molecule has 20 heavy (non-hydrogen) atoms. The van der Waals surface area contributed by atoms with Gasteiger partial charge in [-0.15, -0.1) is 0 Å². The van der Waals surface area contributed by atoms with Gasteiger partial charge in [-0.1, -0.05) is 34.1 Å². The maximum Gasteiger partial charge on any atom is 0.439 e. The van der Waals surface area contributed by atoms with Crippen LogP contribution in [0.5, 0.6) is 0 Å². The average Bonchev–Trinajstić information content (AvgIpc) is 2.87. The van der Waals surface area contributed by atoms with Gasteiger partial charge in [0.25, 0.3) is 0 Å². The summed E-state index contributed by atoms with van der Waals surface area (Å²) in [5, 5.41) is 3.87. The van der Waals surface area contributed by atoms with E-state index in [1.807, 2.05) is 13.0 Å². The number of ether oxygens (including phenoxy) is 1.